The summed E-state index contributed by atoms with van der Waals surface area (Å²) in [6.45, 7) is 3.21. The first kappa shape index (κ1) is 18.2. The fourth-order valence-corrected chi connectivity index (χ4v) is 3.76. The molecule has 8 heteroatoms. The standard InChI is InChI=1S/C22H20FN7/c23-16-1-3-17(4-2-16)29-9-11-30(12-10-29)22-21-19(26-14-27-22)6-5-18(28-21)15-7-8-25-20(24)13-15/h1-8,13-14H,9-12H2,(H2,24,25). The smallest absolute Gasteiger partial charge is 0.158 e. The van der Waals surface area contributed by atoms with E-state index in [1.54, 1.807) is 18.6 Å². The molecule has 1 aliphatic heterocycles. The summed E-state index contributed by atoms with van der Waals surface area (Å²) in [5, 5.41) is 0. The summed E-state index contributed by atoms with van der Waals surface area (Å²) in [7, 11) is 0. The minimum absolute atomic E-state index is 0.220. The van der Waals surface area contributed by atoms with Crippen LogP contribution in [-0.2, 0) is 0 Å². The first-order chi connectivity index (χ1) is 14.7. The molecule has 0 aliphatic carbocycles. The number of pyridine rings is 2. The van der Waals surface area contributed by atoms with E-state index >= 15 is 0 Å². The third-order valence-electron chi connectivity index (χ3n) is 5.31. The van der Waals surface area contributed by atoms with Gasteiger partial charge in [0, 0.05) is 43.6 Å². The Labute approximate surface area is 173 Å². The third kappa shape index (κ3) is 3.47. The lowest BCUT2D eigenvalue weighted by Gasteiger charge is -2.36. The first-order valence-corrected chi connectivity index (χ1v) is 9.76. The van der Waals surface area contributed by atoms with Gasteiger partial charge in [-0.05, 0) is 48.5 Å². The maximum absolute atomic E-state index is 13.2. The number of halogens is 1. The van der Waals surface area contributed by atoms with E-state index in [1.165, 1.54) is 12.1 Å². The summed E-state index contributed by atoms with van der Waals surface area (Å²) in [6, 6.07) is 14.2. The maximum Gasteiger partial charge on any atom is 0.158 e. The Morgan fingerprint density at radius 1 is 0.833 bits per heavy atom. The maximum atomic E-state index is 13.2. The van der Waals surface area contributed by atoms with Gasteiger partial charge in [0.25, 0.3) is 0 Å². The second-order valence-corrected chi connectivity index (χ2v) is 7.18. The van der Waals surface area contributed by atoms with Crippen LogP contribution in [0.15, 0.2) is 61.1 Å². The Morgan fingerprint density at radius 3 is 2.37 bits per heavy atom. The van der Waals surface area contributed by atoms with Crippen molar-refractivity contribution in [2.24, 2.45) is 0 Å². The van der Waals surface area contributed by atoms with E-state index in [0.29, 0.717) is 5.82 Å². The van der Waals surface area contributed by atoms with E-state index in [1.807, 2.05) is 30.3 Å². The van der Waals surface area contributed by atoms with Crippen molar-refractivity contribution in [3.63, 3.8) is 0 Å². The monoisotopic (exact) mass is 401 g/mol. The van der Waals surface area contributed by atoms with Gasteiger partial charge in [-0.1, -0.05) is 0 Å². The number of nitrogens with two attached hydrogens (primary N) is 1. The van der Waals surface area contributed by atoms with Gasteiger partial charge in [0.1, 0.15) is 23.5 Å². The SMILES string of the molecule is Nc1cc(-c2ccc3ncnc(N4CCN(c5ccc(F)cc5)CC4)c3n2)ccn1. The molecule has 1 fully saturated rings. The number of fused-ring (bicyclic) bond motifs is 1. The molecule has 1 aliphatic rings. The Hall–Kier alpha value is -3.81. The molecule has 7 nitrogen and oxygen atoms in total. The average molecular weight is 401 g/mol. The molecule has 3 aromatic heterocycles. The van der Waals surface area contributed by atoms with Crippen molar-refractivity contribution >= 4 is 28.4 Å². The van der Waals surface area contributed by atoms with Gasteiger partial charge in [-0.3, -0.25) is 0 Å². The zero-order valence-electron chi connectivity index (χ0n) is 16.2. The fraction of sp³-hybridized carbons (Fsp3) is 0.182. The second-order valence-electron chi connectivity index (χ2n) is 7.18. The summed E-state index contributed by atoms with van der Waals surface area (Å²) in [4.78, 5) is 22.3. The molecule has 4 heterocycles. The van der Waals surface area contributed by atoms with Crippen LogP contribution in [0.3, 0.4) is 0 Å². The lowest BCUT2D eigenvalue weighted by Crippen LogP contribution is -2.47. The van der Waals surface area contributed by atoms with Crippen LogP contribution in [0, 0.1) is 5.82 Å². The van der Waals surface area contributed by atoms with Crippen LogP contribution in [0.1, 0.15) is 0 Å². The number of rotatable bonds is 3. The number of nitrogens with zero attached hydrogens (tertiary/aromatic N) is 6. The molecule has 0 saturated carbocycles. The Morgan fingerprint density at radius 2 is 1.60 bits per heavy atom. The highest BCUT2D eigenvalue weighted by Crippen LogP contribution is 2.27. The van der Waals surface area contributed by atoms with Gasteiger partial charge in [0.15, 0.2) is 5.82 Å². The van der Waals surface area contributed by atoms with Crippen LogP contribution in [0.4, 0.5) is 21.7 Å². The molecular weight excluding hydrogens is 381 g/mol. The van der Waals surface area contributed by atoms with Crippen LogP contribution in [0.5, 0.6) is 0 Å². The van der Waals surface area contributed by atoms with E-state index in [4.69, 9.17) is 10.7 Å². The minimum atomic E-state index is -0.220. The number of benzene rings is 1. The predicted octanol–water partition coefficient (Wildman–Crippen LogP) is 3.13. The van der Waals surface area contributed by atoms with Crippen LogP contribution in [-0.4, -0.2) is 46.1 Å². The highest BCUT2D eigenvalue weighted by atomic mass is 19.1. The lowest BCUT2D eigenvalue weighted by atomic mass is 10.1. The highest BCUT2D eigenvalue weighted by molar-refractivity contribution is 5.87. The van der Waals surface area contributed by atoms with Crippen LogP contribution < -0.4 is 15.5 Å². The van der Waals surface area contributed by atoms with Crippen molar-refractivity contribution in [1.29, 1.82) is 0 Å². The first-order valence-electron chi connectivity index (χ1n) is 9.76. The summed E-state index contributed by atoms with van der Waals surface area (Å²) < 4.78 is 13.2. The number of aromatic nitrogens is 4. The van der Waals surface area contributed by atoms with Gasteiger partial charge >= 0.3 is 0 Å². The molecule has 0 unspecified atom stereocenters. The van der Waals surface area contributed by atoms with Gasteiger partial charge in [0.05, 0.1) is 11.2 Å². The van der Waals surface area contributed by atoms with Gasteiger partial charge in [0.2, 0.25) is 0 Å². The van der Waals surface area contributed by atoms with Gasteiger partial charge in [-0.25, -0.2) is 24.3 Å². The van der Waals surface area contributed by atoms with Crippen molar-refractivity contribution in [3.8, 4) is 11.3 Å². The van der Waals surface area contributed by atoms with E-state index in [0.717, 1.165) is 60.0 Å². The normalized spacial score (nSPS) is 14.3. The lowest BCUT2D eigenvalue weighted by molar-refractivity contribution is 0.624. The fourth-order valence-electron chi connectivity index (χ4n) is 3.76. The van der Waals surface area contributed by atoms with Gasteiger partial charge in [-0.15, -0.1) is 0 Å². The molecule has 0 bridgehead atoms. The average Bonchev–Trinajstić information content (AvgIpc) is 2.79. The largest absolute Gasteiger partial charge is 0.384 e. The van der Waals surface area contributed by atoms with Crippen molar-refractivity contribution in [1.82, 2.24) is 19.9 Å². The Kier molecular flexibility index (Phi) is 4.59. The number of nitrogen functional groups attached to an aromatic ring is 1. The quantitative estimate of drug-likeness (QED) is 0.565. The summed E-state index contributed by atoms with van der Waals surface area (Å²) in [6.07, 6.45) is 3.25. The second kappa shape index (κ2) is 7.55. The van der Waals surface area contributed by atoms with Crippen LogP contribution in [0.25, 0.3) is 22.3 Å². The number of anilines is 3. The molecule has 0 amide bonds. The molecule has 1 saturated heterocycles. The molecule has 4 aromatic rings. The minimum Gasteiger partial charge on any atom is -0.384 e. The van der Waals surface area contributed by atoms with Crippen molar-refractivity contribution in [2.45, 2.75) is 0 Å². The number of hydrogen-bond donors (Lipinski definition) is 1. The van der Waals surface area contributed by atoms with Crippen LogP contribution >= 0.6 is 0 Å². The van der Waals surface area contributed by atoms with Crippen molar-refractivity contribution in [3.05, 3.63) is 66.9 Å². The highest BCUT2D eigenvalue weighted by Gasteiger charge is 2.21. The molecule has 0 radical (unpaired) electrons. The topological polar surface area (TPSA) is 84.1 Å². The molecular formula is C22H20FN7. The van der Waals surface area contributed by atoms with Crippen molar-refractivity contribution in [2.75, 3.05) is 41.7 Å². The molecule has 0 atom stereocenters. The Balaban J connectivity index is 1.43. The molecule has 0 spiro atoms. The van der Waals surface area contributed by atoms with E-state index in [-0.39, 0.29) is 5.82 Å². The molecule has 1 aromatic carbocycles. The summed E-state index contributed by atoms with van der Waals surface area (Å²) in [5.74, 6) is 1.06. The van der Waals surface area contributed by atoms with Crippen LogP contribution in [0.2, 0.25) is 0 Å². The molecule has 30 heavy (non-hydrogen) atoms. The Bertz CT molecular complexity index is 1190. The zero-order chi connectivity index (χ0) is 20.5. The summed E-state index contributed by atoms with van der Waals surface area (Å²) in [5.41, 5.74) is 10.1. The van der Waals surface area contributed by atoms with E-state index in [9.17, 15) is 4.39 Å². The molecule has 5 rings (SSSR count). The summed E-state index contributed by atoms with van der Waals surface area (Å²) >= 11 is 0. The van der Waals surface area contributed by atoms with Gasteiger partial charge in [-0.2, -0.15) is 0 Å². The molecule has 150 valence electrons. The van der Waals surface area contributed by atoms with Gasteiger partial charge < -0.3 is 15.5 Å². The zero-order valence-corrected chi connectivity index (χ0v) is 16.2. The number of hydrogen-bond acceptors (Lipinski definition) is 7. The third-order valence-corrected chi connectivity index (χ3v) is 5.31. The molecule has 2 N–H and O–H groups in total. The predicted molar refractivity (Wildman–Crippen MR) is 116 cm³/mol. The van der Waals surface area contributed by atoms with E-state index in [2.05, 4.69) is 24.8 Å². The number of piperazine rings is 1. The van der Waals surface area contributed by atoms with Crippen molar-refractivity contribution < 1.29 is 4.39 Å². The van der Waals surface area contributed by atoms with E-state index < -0.39 is 0 Å².